The van der Waals surface area contributed by atoms with E-state index in [2.05, 4.69) is 17.6 Å². The van der Waals surface area contributed by atoms with Crippen LogP contribution in [0.5, 0.6) is 0 Å². The summed E-state index contributed by atoms with van der Waals surface area (Å²) in [6.45, 7) is 5.89. The van der Waals surface area contributed by atoms with Crippen molar-refractivity contribution in [2.45, 2.75) is 23.9 Å². The molecule has 4 nitrogen and oxygen atoms in total. The molecule has 3 rings (SSSR count). The second kappa shape index (κ2) is 6.71. The maximum Gasteiger partial charge on any atom is 0.263 e. The number of hydrogen-bond donors (Lipinski definition) is 0. The summed E-state index contributed by atoms with van der Waals surface area (Å²) in [7, 11) is 0. The number of nitrogens with zero attached hydrogens (tertiary/aromatic N) is 3. The molecule has 3 aromatic rings. The second-order valence-electron chi connectivity index (χ2n) is 4.79. The third-order valence-electron chi connectivity index (χ3n) is 3.22. The highest BCUT2D eigenvalue weighted by Crippen LogP contribution is 2.34. The SMILES string of the molecule is C=CCn1c(SC(C)C#N)nc2scc(-c3cccs3)c2c1=O. The lowest BCUT2D eigenvalue weighted by atomic mass is 10.2. The Morgan fingerprint density at radius 2 is 2.39 bits per heavy atom. The van der Waals surface area contributed by atoms with Crippen molar-refractivity contribution in [2.24, 2.45) is 0 Å². The molecule has 7 heteroatoms. The summed E-state index contributed by atoms with van der Waals surface area (Å²) < 4.78 is 1.59. The molecular formula is C16H13N3OS3. The minimum Gasteiger partial charge on any atom is -0.283 e. The standard InChI is InChI=1S/C16H13N3OS3/c1-3-6-19-15(20)13-11(12-5-4-7-21-12)9-22-14(13)18-16(19)23-10(2)8-17/h3-5,7,9-10H,1,6H2,2H3. The van der Waals surface area contributed by atoms with Crippen LogP contribution in [-0.2, 0) is 6.54 Å². The lowest BCUT2D eigenvalue weighted by Gasteiger charge is -2.11. The average Bonchev–Trinajstić information content (AvgIpc) is 3.19. The summed E-state index contributed by atoms with van der Waals surface area (Å²) in [5, 5.41) is 13.9. The highest BCUT2D eigenvalue weighted by Gasteiger charge is 2.18. The highest BCUT2D eigenvalue weighted by atomic mass is 32.2. The first-order valence-electron chi connectivity index (χ1n) is 6.88. The number of nitriles is 1. The molecule has 116 valence electrons. The van der Waals surface area contributed by atoms with Crippen molar-refractivity contribution in [1.82, 2.24) is 9.55 Å². The van der Waals surface area contributed by atoms with E-state index in [4.69, 9.17) is 5.26 Å². The van der Waals surface area contributed by atoms with Crippen LogP contribution in [0.1, 0.15) is 6.92 Å². The molecular weight excluding hydrogens is 346 g/mol. The van der Waals surface area contributed by atoms with E-state index in [1.165, 1.54) is 23.1 Å². The van der Waals surface area contributed by atoms with Crippen LogP contribution in [0.2, 0.25) is 0 Å². The van der Waals surface area contributed by atoms with Crippen LogP contribution in [0.15, 0.2) is 45.5 Å². The van der Waals surface area contributed by atoms with Crippen molar-refractivity contribution in [3.05, 3.63) is 45.9 Å². The first-order valence-corrected chi connectivity index (χ1v) is 9.52. The highest BCUT2D eigenvalue weighted by molar-refractivity contribution is 8.00. The number of allylic oxidation sites excluding steroid dienone is 1. The normalized spacial score (nSPS) is 12.2. The van der Waals surface area contributed by atoms with Crippen molar-refractivity contribution < 1.29 is 0 Å². The molecule has 0 saturated carbocycles. The topological polar surface area (TPSA) is 58.7 Å². The van der Waals surface area contributed by atoms with Crippen molar-refractivity contribution in [2.75, 3.05) is 0 Å². The van der Waals surface area contributed by atoms with E-state index in [9.17, 15) is 4.79 Å². The molecule has 0 bridgehead atoms. The lowest BCUT2D eigenvalue weighted by molar-refractivity contribution is 0.672. The van der Waals surface area contributed by atoms with Gasteiger partial charge >= 0.3 is 0 Å². The quantitative estimate of drug-likeness (QED) is 0.385. The number of aromatic nitrogens is 2. The summed E-state index contributed by atoms with van der Waals surface area (Å²) in [6, 6.07) is 6.14. The summed E-state index contributed by atoms with van der Waals surface area (Å²) in [6.07, 6.45) is 1.67. The van der Waals surface area contributed by atoms with Crippen LogP contribution >= 0.6 is 34.4 Å². The van der Waals surface area contributed by atoms with Crippen LogP contribution in [-0.4, -0.2) is 14.8 Å². The fourth-order valence-corrected chi connectivity index (χ4v) is 4.79. The second-order valence-corrected chi connectivity index (χ2v) is 7.91. The molecule has 0 N–H and O–H groups in total. The Morgan fingerprint density at radius 1 is 1.57 bits per heavy atom. The van der Waals surface area contributed by atoms with E-state index in [1.54, 1.807) is 28.9 Å². The van der Waals surface area contributed by atoms with E-state index < -0.39 is 0 Å². The largest absolute Gasteiger partial charge is 0.283 e. The molecule has 0 spiro atoms. The van der Waals surface area contributed by atoms with Gasteiger partial charge in [-0.1, -0.05) is 23.9 Å². The van der Waals surface area contributed by atoms with E-state index in [-0.39, 0.29) is 10.8 Å². The Bertz CT molecular complexity index is 948. The summed E-state index contributed by atoms with van der Waals surface area (Å²) in [4.78, 5) is 19.4. The van der Waals surface area contributed by atoms with Crippen LogP contribution in [0.3, 0.4) is 0 Å². The van der Waals surface area contributed by atoms with Gasteiger partial charge in [0.05, 0.1) is 16.7 Å². The van der Waals surface area contributed by atoms with Gasteiger partial charge in [-0.05, 0) is 18.4 Å². The van der Waals surface area contributed by atoms with Gasteiger partial charge < -0.3 is 0 Å². The van der Waals surface area contributed by atoms with Gasteiger partial charge in [-0.2, -0.15) is 5.26 Å². The Kier molecular flexibility index (Phi) is 4.66. The lowest BCUT2D eigenvalue weighted by Crippen LogP contribution is -2.23. The van der Waals surface area contributed by atoms with Crippen molar-refractivity contribution in [3.8, 4) is 16.5 Å². The average molecular weight is 360 g/mol. The van der Waals surface area contributed by atoms with Gasteiger partial charge in [0.15, 0.2) is 5.16 Å². The van der Waals surface area contributed by atoms with Crippen LogP contribution in [0, 0.1) is 11.3 Å². The minimum absolute atomic E-state index is 0.0767. The van der Waals surface area contributed by atoms with E-state index in [0.29, 0.717) is 21.9 Å². The molecule has 3 heterocycles. The molecule has 1 unspecified atom stereocenters. The molecule has 0 aromatic carbocycles. The molecule has 1 atom stereocenters. The molecule has 0 radical (unpaired) electrons. The Labute approximate surface area is 145 Å². The number of thiophene rings is 2. The Hall–Kier alpha value is -1.88. The molecule has 0 saturated heterocycles. The molecule has 23 heavy (non-hydrogen) atoms. The van der Waals surface area contributed by atoms with Gasteiger partial charge in [0.25, 0.3) is 5.56 Å². The third-order valence-corrected chi connectivity index (χ3v) is 5.98. The maximum absolute atomic E-state index is 13.0. The number of thioether (sulfide) groups is 1. The summed E-state index contributed by atoms with van der Waals surface area (Å²) in [5.74, 6) is 0. The van der Waals surface area contributed by atoms with E-state index in [0.717, 1.165) is 10.4 Å². The molecule has 0 aliphatic rings. The predicted molar refractivity (Wildman–Crippen MR) is 98.3 cm³/mol. The van der Waals surface area contributed by atoms with Crippen LogP contribution in [0.4, 0.5) is 0 Å². The molecule has 0 fully saturated rings. The molecule has 0 aliphatic carbocycles. The van der Waals surface area contributed by atoms with Crippen LogP contribution < -0.4 is 5.56 Å². The van der Waals surface area contributed by atoms with Crippen molar-refractivity contribution >= 4 is 44.7 Å². The van der Waals surface area contributed by atoms with Crippen molar-refractivity contribution in [1.29, 1.82) is 5.26 Å². The number of fused-ring (bicyclic) bond motifs is 1. The Morgan fingerprint density at radius 3 is 3.04 bits per heavy atom. The smallest absolute Gasteiger partial charge is 0.263 e. The maximum atomic E-state index is 13.0. The number of rotatable bonds is 5. The first-order chi connectivity index (χ1) is 11.2. The van der Waals surface area contributed by atoms with E-state index >= 15 is 0 Å². The summed E-state index contributed by atoms with van der Waals surface area (Å²) in [5.41, 5.74) is 0.854. The van der Waals surface area contributed by atoms with Gasteiger partial charge in [0, 0.05) is 22.4 Å². The minimum atomic E-state index is -0.271. The fraction of sp³-hybridized carbons (Fsp3) is 0.188. The predicted octanol–water partition coefficient (Wildman–Crippen LogP) is 4.38. The monoisotopic (exact) mass is 359 g/mol. The van der Waals surface area contributed by atoms with Gasteiger partial charge in [-0.15, -0.1) is 29.3 Å². The van der Waals surface area contributed by atoms with Gasteiger partial charge in [-0.3, -0.25) is 9.36 Å². The van der Waals surface area contributed by atoms with Crippen LogP contribution in [0.25, 0.3) is 20.7 Å². The summed E-state index contributed by atoms with van der Waals surface area (Å²) >= 11 is 4.36. The number of hydrogen-bond acceptors (Lipinski definition) is 6. The van der Waals surface area contributed by atoms with E-state index in [1.807, 2.05) is 22.9 Å². The fourth-order valence-electron chi connectivity index (χ4n) is 2.18. The zero-order chi connectivity index (χ0) is 16.4. The van der Waals surface area contributed by atoms with Gasteiger partial charge in [0.1, 0.15) is 4.83 Å². The first kappa shape index (κ1) is 16.0. The molecule has 0 aliphatic heterocycles. The molecule has 0 amide bonds. The zero-order valence-electron chi connectivity index (χ0n) is 12.4. The Balaban J connectivity index is 2.25. The van der Waals surface area contributed by atoms with Crippen molar-refractivity contribution in [3.63, 3.8) is 0 Å². The zero-order valence-corrected chi connectivity index (χ0v) is 14.8. The third kappa shape index (κ3) is 2.98. The van der Waals surface area contributed by atoms with Gasteiger partial charge in [-0.25, -0.2) is 4.98 Å². The van der Waals surface area contributed by atoms with Gasteiger partial charge in [0.2, 0.25) is 0 Å². The molecule has 3 aromatic heterocycles.